The normalized spacial score (nSPS) is 11.6. The van der Waals surface area contributed by atoms with E-state index in [1.54, 1.807) is 6.07 Å². The number of aromatic nitrogens is 1. The molecule has 1 heterocycles. The molecule has 0 aliphatic heterocycles. The molecular weight excluding hydrogens is 277 g/mol. The predicted octanol–water partition coefficient (Wildman–Crippen LogP) is 3.93. The number of rotatable bonds is 2. The van der Waals surface area contributed by atoms with Gasteiger partial charge in [0, 0.05) is 18.2 Å². The lowest BCUT2D eigenvalue weighted by atomic mass is 10.0. The summed E-state index contributed by atoms with van der Waals surface area (Å²) < 4.78 is 37.2. The molecule has 2 rings (SSSR count). The zero-order valence-electron chi connectivity index (χ0n) is 9.71. The standard InChI is InChI=1S/C13H10ClF3N2/c14-11-6-9(12(18)19-7-11)5-8-1-3-10(4-2-8)13(15,16)17/h1-4,6-7H,5H2,(H2,18,19). The Morgan fingerprint density at radius 3 is 2.37 bits per heavy atom. The van der Waals surface area contributed by atoms with Gasteiger partial charge in [0.15, 0.2) is 0 Å². The molecule has 0 aliphatic rings. The lowest BCUT2D eigenvalue weighted by Gasteiger charge is -2.08. The third-order valence-electron chi connectivity index (χ3n) is 2.64. The Bertz CT molecular complexity index is 579. The second-order valence-electron chi connectivity index (χ2n) is 4.07. The Morgan fingerprint density at radius 1 is 1.16 bits per heavy atom. The Morgan fingerprint density at radius 2 is 1.79 bits per heavy atom. The van der Waals surface area contributed by atoms with Crippen LogP contribution in [0.2, 0.25) is 5.02 Å². The highest BCUT2D eigenvalue weighted by Crippen LogP contribution is 2.29. The Hall–Kier alpha value is -1.75. The highest BCUT2D eigenvalue weighted by Gasteiger charge is 2.29. The molecule has 1 aromatic carbocycles. The number of pyridine rings is 1. The monoisotopic (exact) mass is 286 g/mol. The third kappa shape index (κ3) is 3.38. The van der Waals surface area contributed by atoms with Crippen molar-refractivity contribution in [2.45, 2.75) is 12.6 Å². The summed E-state index contributed by atoms with van der Waals surface area (Å²) in [5.74, 6) is 0.323. The maximum Gasteiger partial charge on any atom is 0.416 e. The number of alkyl halides is 3. The average molecular weight is 287 g/mol. The molecule has 0 saturated carbocycles. The number of hydrogen-bond donors (Lipinski definition) is 1. The first-order valence-corrected chi connectivity index (χ1v) is 5.80. The number of nitrogen functional groups attached to an aromatic ring is 1. The summed E-state index contributed by atoms with van der Waals surface area (Å²) in [7, 11) is 0. The topological polar surface area (TPSA) is 38.9 Å². The molecule has 2 N–H and O–H groups in total. The minimum atomic E-state index is -4.32. The van der Waals surface area contributed by atoms with Crippen molar-refractivity contribution < 1.29 is 13.2 Å². The van der Waals surface area contributed by atoms with Crippen LogP contribution in [-0.2, 0) is 12.6 Å². The first-order chi connectivity index (χ1) is 8.86. The van der Waals surface area contributed by atoms with E-state index in [9.17, 15) is 13.2 Å². The van der Waals surface area contributed by atoms with Gasteiger partial charge in [-0.25, -0.2) is 4.98 Å². The van der Waals surface area contributed by atoms with Gasteiger partial charge in [0.25, 0.3) is 0 Å². The number of hydrogen-bond acceptors (Lipinski definition) is 2. The van der Waals surface area contributed by atoms with Crippen LogP contribution in [0.1, 0.15) is 16.7 Å². The summed E-state index contributed by atoms with van der Waals surface area (Å²) >= 11 is 5.80. The van der Waals surface area contributed by atoms with Crippen molar-refractivity contribution in [3.63, 3.8) is 0 Å². The summed E-state index contributed by atoms with van der Waals surface area (Å²) in [6, 6.07) is 6.58. The van der Waals surface area contributed by atoms with E-state index in [2.05, 4.69) is 4.98 Å². The van der Waals surface area contributed by atoms with Gasteiger partial charge >= 0.3 is 6.18 Å². The lowest BCUT2D eigenvalue weighted by molar-refractivity contribution is -0.137. The molecule has 0 fully saturated rings. The summed E-state index contributed by atoms with van der Waals surface area (Å²) in [5.41, 5.74) is 6.41. The molecule has 2 aromatic rings. The van der Waals surface area contributed by atoms with Gasteiger partial charge in [-0.2, -0.15) is 13.2 Å². The molecule has 1 aromatic heterocycles. The van der Waals surface area contributed by atoms with Gasteiger partial charge < -0.3 is 5.73 Å². The Kier molecular flexibility index (Phi) is 3.66. The third-order valence-corrected chi connectivity index (χ3v) is 2.85. The van der Waals surface area contributed by atoms with Gasteiger partial charge in [-0.15, -0.1) is 0 Å². The molecule has 0 saturated heterocycles. The maximum absolute atomic E-state index is 12.4. The van der Waals surface area contributed by atoms with Gasteiger partial charge in [-0.05, 0) is 23.8 Å². The fourth-order valence-electron chi connectivity index (χ4n) is 1.66. The minimum absolute atomic E-state index is 0.323. The summed E-state index contributed by atoms with van der Waals surface area (Å²) in [5, 5.41) is 0.441. The van der Waals surface area contributed by atoms with E-state index in [4.69, 9.17) is 17.3 Å². The summed E-state index contributed by atoms with van der Waals surface area (Å²) in [4.78, 5) is 3.90. The van der Waals surface area contributed by atoms with Crippen molar-refractivity contribution >= 4 is 17.4 Å². The number of nitrogens with two attached hydrogens (primary N) is 1. The molecule has 100 valence electrons. The summed E-state index contributed by atoms with van der Waals surface area (Å²) in [6.45, 7) is 0. The van der Waals surface area contributed by atoms with Crippen molar-refractivity contribution in [2.75, 3.05) is 5.73 Å². The molecule has 6 heteroatoms. The van der Waals surface area contributed by atoms with Crippen LogP contribution in [-0.4, -0.2) is 4.98 Å². The first-order valence-electron chi connectivity index (χ1n) is 5.42. The van der Waals surface area contributed by atoms with Gasteiger partial charge in [0.2, 0.25) is 0 Å². The molecule has 0 spiro atoms. The van der Waals surface area contributed by atoms with Crippen molar-refractivity contribution in [1.29, 1.82) is 0 Å². The Labute approximate surface area is 113 Å². The SMILES string of the molecule is Nc1ncc(Cl)cc1Cc1ccc(C(F)(F)F)cc1. The van der Waals surface area contributed by atoms with Gasteiger partial charge in [-0.1, -0.05) is 23.7 Å². The van der Waals surface area contributed by atoms with E-state index in [1.807, 2.05) is 0 Å². The van der Waals surface area contributed by atoms with Crippen LogP contribution in [0.15, 0.2) is 36.5 Å². The second-order valence-corrected chi connectivity index (χ2v) is 4.51. The fraction of sp³-hybridized carbons (Fsp3) is 0.154. The highest BCUT2D eigenvalue weighted by atomic mass is 35.5. The van der Waals surface area contributed by atoms with Crippen LogP contribution in [0.3, 0.4) is 0 Å². The minimum Gasteiger partial charge on any atom is -0.383 e. The molecule has 0 unspecified atom stereocenters. The maximum atomic E-state index is 12.4. The molecular formula is C13H10ClF3N2. The fourth-order valence-corrected chi connectivity index (χ4v) is 1.85. The first kappa shape index (κ1) is 13.7. The van der Waals surface area contributed by atoms with Crippen LogP contribution in [0, 0.1) is 0 Å². The van der Waals surface area contributed by atoms with Gasteiger partial charge in [-0.3, -0.25) is 0 Å². The second kappa shape index (κ2) is 5.09. The number of halogens is 4. The molecule has 0 bridgehead atoms. The van der Waals surface area contributed by atoms with Crippen molar-refractivity contribution in [1.82, 2.24) is 4.98 Å². The van der Waals surface area contributed by atoms with Gasteiger partial charge in [0.1, 0.15) is 5.82 Å². The zero-order chi connectivity index (χ0) is 14.0. The number of nitrogens with zero attached hydrogens (tertiary/aromatic N) is 1. The Balaban J connectivity index is 2.22. The van der Waals surface area contributed by atoms with Crippen molar-refractivity contribution in [3.05, 3.63) is 58.2 Å². The van der Waals surface area contributed by atoms with Crippen molar-refractivity contribution in [2.24, 2.45) is 0 Å². The summed E-state index contributed by atoms with van der Waals surface area (Å²) in [6.07, 6.45) is -2.51. The number of anilines is 1. The van der Waals surface area contributed by atoms with Gasteiger partial charge in [0.05, 0.1) is 10.6 Å². The van der Waals surface area contributed by atoms with Crippen LogP contribution in [0.5, 0.6) is 0 Å². The van der Waals surface area contributed by atoms with E-state index in [0.717, 1.165) is 12.1 Å². The van der Waals surface area contributed by atoms with E-state index in [0.29, 0.717) is 28.4 Å². The van der Waals surface area contributed by atoms with Crippen LogP contribution >= 0.6 is 11.6 Å². The van der Waals surface area contributed by atoms with E-state index in [-0.39, 0.29) is 0 Å². The molecule has 2 nitrogen and oxygen atoms in total. The zero-order valence-corrected chi connectivity index (χ0v) is 10.5. The van der Waals surface area contributed by atoms with Crippen molar-refractivity contribution in [3.8, 4) is 0 Å². The molecule has 0 amide bonds. The molecule has 19 heavy (non-hydrogen) atoms. The highest BCUT2D eigenvalue weighted by molar-refractivity contribution is 6.30. The largest absolute Gasteiger partial charge is 0.416 e. The number of benzene rings is 1. The van der Waals surface area contributed by atoms with Crippen LogP contribution in [0.4, 0.5) is 19.0 Å². The van der Waals surface area contributed by atoms with E-state index in [1.165, 1.54) is 18.3 Å². The van der Waals surface area contributed by atoms with E-state index < -0.39 is 11.7 Å². The molecule has 0 aliphatic carbocycles. The average Bonchev–Trinajstić information content (AvgIpc) is 2.33. The lowest BCUT2D eigenvalue weighted by Crippen LogP contribution is -2.05. The van der Waals surface area contributed by atoms with Crippen LogP contribution < -0.4 is 5.73 Å². The molecule has 0 radical (unpaired) electrons. The van der Waals surface area contributed by atoms with E-state index >= 15 is 0 Å². The smallest absolute Gasteiger partial charge is 0.383 e. The van der Waals surface area contributed by atoms with Crippen LogP contribution in [0.25, 0.3) is 0 Å². The quantitative estimate of drug-likeness (QED) is 0.908. The molecule has 0 atom stereocenters. The predicted molar refractivity (Wildman–Crippen MR) is 67.9 cm³/mol.